The number of sulfonamides is 1. The van der Waals surface area contributed by atoms with Crippen molar-refractivity contribution in [2.24, 2.45) is 0 Å². The molecule has 0 fully saturated rings. The molecule has 1 aromatic heterocycles. The van der Waals surface area contributed by atoms with E-state index < -0.39 is 15.9 Å². The third-order valence-electron chi connectivity index (χ3n) is 6.57. The number of hydrogen-bond acceptors (Lipinski definition) is 4. The first-order valence-electron chi connectivity index (χ1n) is 11.8. The Bertz CT molecular complexity index is 1610. The molecular formula is C28H28Cl2N2O4S. The first kappa shape index (κ1) is 27.0. The molecule has 0 atom stereocenters. The summed E-state index contributed by atoms with van der Waals surface area (Å²) in [5.41, 5.74) is 4.29. The molecule has 1 heterocycles. The molecule has 3 aromatic carbocycles. The Hall–Kier alpha value is -3.00. The molecule has 1 amide bonds. The molecule has 0 bridgehead atoms. The summed E-state index contributed by atoms with van der Waals surface area (Å²) in [5, 5.41) is 1.61. The minimum Gasteiger partial charge on any atom is -0.493 e. The van der Waals surface area contributed by atoms with Gasteiger partial charge in [0.15, 0.2) is 0 Å². The second-order valence-corrected chi connectivity index (χ2v) is 11.5. The molecular weight excluding hydrogens is 531 g/mol. The van der Waals surface area contributed by atoms with Crippen molar-refractivity contribution in [2.45, 2.75) is 45.6 Å². The number of rotatable bonds is 8. The standard InChI is InChI=1S/C28H28Cl2N2O4S/c1-17-8-5-10-25(18(17)2)36-15-7-14-32-24-13-12-21(29)16-22(24)19(3)27(32)28(33)31-37(34,35)26-11-6-9-23(30)20(26)4/h5-6,8-13,16H,7,14-15H2,1-4H3,(H,31,33). The summed E-state index contributed by atoms with van der Waals surface area (Å²) >= 11 is 12.4. The van der Waals surface area contributed by atoms with Crippen molar-refractivity contribution in [2.75, 3.05) is 6.61 Å². The van der Waals surface area contributed by atoms with E-state index in [0.29, 0.717) is 40.7 Å². The van der Waals surface area contributed by atoms with Crippen molar-refractivity contribution in [3.63, 3.8) is 0 Å². The van der Waals surface area contributed by atoms with Gasteiger partial charge in [-0.1, -0.05) is 41.4 Å². The lowest BCUT2D eigenvalue weighted by atomic mass is 10.1. The molecule has 0 aliphatic heterocycles. The van der Waals surface area contributed by atoms with Gasteiger partial charge in [0.05, 0.1) is 11.5 Å². The van der Waals surface area contributed by atoms with E-state index in [1.54, 1.807) is 32.0 Å². The molecule has 4 aromatic rings. The number of hydrogen-bond donors (Lipinski definition) is 1. The van der Waals surface area contributed by atoms with Crippen molar-refractivity contribution in [1.82, 2.24) is 9.29 Å². The molecule has 0 saturated carbocycles. The van der Waals surface area contributed by atoms with E-state index in [-0.39, 0.29) is 10.6 Å². The number of halogens is 2. The van der Waals surface area contributed by atoms with E-state index in [9.17, 15) is 13.2 Å². The molecule has 0 saturated heterocycles. The summed E-state index contributed by atoms with van der Waals surface area (Å²) in [6, 6.07) is 15.8. The van der Waals surface area contributed by atoms with Crippen molar-refractivity contribution in [1.29, 1.82) is 0 Å². The van der Waals surface area contributed by atoms with Crippen LogP contribution in [0.5, 0.6) is 5.75 Å². The maximum Gasteiger partial charge on any atom is 0.281 e. The number of nitrogens with one attached hydrogen (secondary N) is 1. The van der Waals surface area contributed by atoms with Gasteiger partial charge in [0.25, 0.3) is 15.9 Å². The average molecular weight is 560 g/mol. The van der Waals surface area contributed by atoms with Gasteiger partial charge in [-0.3, -0.25) is 4.79 Å². The molecule has 6 nitrogen and oxygen atoms in total. The van der Waals surface area contributed by atoms with E-state index in [2.05, 4.69) is 4.72 Å². The normalized spacial score (nSPS) is 11.6. The smallest absolute Gasteiger partial charge is 0.281 e. The maximum atomic E-state index is 13.5. The van der Waals surface area contributed by atoms with Crippen LogP contribution in [0.2, 0.25) is 10.0 Å². The highest BCUT2D eigenvalue weighted by Gasteiger charge is 2.26. The van der Waals surface area contributed by atoms with E-state index in [1.807, 2.05) is 42.7 Å². The van der Waals surface area contributed by atoms with Gasteiger partial charge in [-0.2, -0.15) is 0 Å². The van der Waals surface area contributed by atoms with Gasteiger partial charge < -0.3 is 9.30 Å². The first-order chi connectivity index (χ1) is 17.5. The van der Waals surface area contributed by atoms with Crippen molar-refractivity contribution >= 4 is 50.0 Å². The summed E-state index contributed by atoms with van der Waals surface area (Å²) in [6.45, 7) is 8.30. The molecule has 37 heavy (non-hydrogen) atoms. The molecule has 0 aliphatic rings. The summed E-state index contributed by atoms with van der Waals surface area (Å²) < 4.78 is 36.3. The van der Waals surface area contributed by atoms with Crippen molar-refractivity contribution in [3.05, 3.63) is 92.6 Å². The van der Waals surface area contributed by atoms with E-state index >= 15 is 0 Å². The lowest BCUT2D eigenvalue weighted by Crippen LogP contribution is -2.33. The van der Waals surface area contributed by atoms with Crippen LogP contribution in [0.1, 0.15) is 39.2 Å². The van der Waals surface area contributed by atoms with E-state index in [4.69, 9.17) is 27.9 Å². The van der Waals surface area contributed by atoms with Gasteiger partial charge in [0.1, 0.15) is 11.4 Å². The van der Waals surface area contributed by atoms with Crippen molar-refractivity contribution in [3.8, 4) is 5.75 Å². The number of aryl methyl sites for hydroxylation is 3. The second kappa shape index (κ2) is 10.8. The Kier molecular flexibility index (Phi) is 7.88. The fourth-order valence-electron chi connectivity index (χ4n) is 4.41. The highest BCUT2D eigenvalue weighted by atomic mass is 35.5. The molecule has 0 radical (unpaired) electrons. The Balaban J connectivity index is 1.63. The molecule has 194 valence electrons. The minimum absolute atomic E-state index is 0.0429. The zero-order valence-electron chi connectivity index (χ0n) is 21.1. The van der Waals surface area contributed by atoms with E-state index in [0.717, 1.165) is 27.8 Å². The number of ether oxygens (including phenoxy) is 1. The number of aromatic nitrogens is 1. The van der Waals surface area contributed by atoms with Crippen LogP contribution in [0.4, 0.5) is 0 Å². The number of benzene rings is 3. The van der Waals surface area contributed by atoms with Crippen LogP contribution in [-0.4, -0.2) is 25.5 Å². The van der Waals surface area contributed by atoms with Gasteiger partial charge in [-0.05, 0) is 92.8 Å². The van der Waals surface area contributed by atoms with Crippen LogP contribution in [-0.2, 0) is 16.6 Å². The number of fused-ring (bicyclic) bond motifs is 1. The number of carbonyl (C=O) groups excluding carboxylic acids is 1. The topological polar surface area (TPSA) is 77.4 Å². The van der Waals surface area contributed by atoms with Gasteiger partial charge in [-0.25, -0.2) is 13.1 Å². The maximum absolute atomic E-state index is 13.5. The van der Waals surface area contributed by atoms with Crippen LogP contribution in [0, 0.1) is 27.7 Å². The lowest BCUT2D eigenvalue weighted by Gasteiger charge is -2.15. The molecule has 0 aliphatic carbocycles. The van der Waals surface area contributed by atoms with Crippen molar-refractivity contribution < 1.29 is 17.9 Å². The first-order valence-corrected chi connectivity index (χ1v) is 14.0. The van der Waals surface area contributed by atoms with Crippen LogP contribution >= 0.6 is 23.2 Å². The van der Waals surface area contributed by atoms with Gasteiger partial charge in [0.2, 0.25) is 0 Å². The zero-order valence-corrected chi connectivity index (χ0v) is 23.4. The highest BCUT2D eigenvalue weighted by molar-refractivity contribution is 7.90. The van der Waals surface area contributed by atoms with E-state index in [1.165, 1.54) is 12.1 Å². The molecule has 0 unspecified atom stereocenters. The van der Waals surface area contributed by atoms with Crippen LogP contribution in [0.25, 0.3) is 10.9 Å². The molecule has 9 heteroatoms. The van der Waals surface area contributed by atoms with Crippen LogP contribution < -0.4 is 9.46 Å². The molecule has 0 spiro atoms. The summed E-state index contributed by atoms with van der Waals surface area (Å²) in [6.07, 6.45) is 0.597. The third kappa shape index (κ3) is 5.49. The zero-order chi connectivity index (χ0) is 26.9. The predicted molar refractivity (Wildman–Crippen MR) is 149 cm³/mol. The van der Waals surface area contributed by atoms with Gasteiger partial charge >= 0.3 is 0 Å². The SMILES string of the molecule is Cc1cccc(OCCCn2c(C(=O)NS(=O)(=O)c3cccc(Cl)c3C)c(C)c3cc(Cl)ccc32)c1C. The molecule has 4 rings (SSSR count). The van der Waals surface area contributed by atoms with Crippen LogP contribution in [0.15, 0.2) is 59.5 Å². The largest absolute Gasteiger partial charge is 0.493 e. The third-order valence-corrected chi connectivity index (χ3v) is 8.69. The summed E-state index contributed by atoms with van der Waals surface area (Å²) in [7, 11) is -4.16. The highest BCUT2D eigenvalue weighted by Crippen LogP contribution is 2.30. The van der Waals surface area contributed by atoms with Crippen LogP contribution in [0.3, 0.4) is 0 Å². The summed E-state index contributed by atoms with van der Waals surface area (Å²) in [4.78, 5) is 13.4. The Morgan fingerprint density at radius 1 is 0.946 bits per heavy atom. The average Bonchev–Trinajstić information content (AvgIpc) is 3.11. The Labute approximate surface area is 227 Å². The van der Waals surface area contributed by atoms with Gasteiger partial charge in [0, 0.05) is 27.5 Å². The summed E-state index contributed by atoms with van der Waals surface area (Å²) in [5.74, 6) is 0.0981. The Morgan fingerprint density at radius 2 is 1.68 bits per heavy atom. The fourth-order valence-corrected chi connectivity index (χ4v) is 6.03. The predicted octanol–water partition coefficient (Wildman–Crippen LogP) is 6.77. The second-order valence-electron chi connectivity index (χ2n) is 8.98. The minimum atomic E-state index is -4.16. The molecule has 1 N–H and O–H groups in total. The quantitative estimate of drug-likeness (QED) is 0.242. The number of carbonyl (C=O) groups is 1. The number of amides is 1. The number of nitrogens with zero attached hydrogens (tertiary/aromatic N) is 1. The monoisotopic (exact) mass is 558 g/mol. The Morgan fingerprint density at radius 3 is 2.43 bits per heavy atom. The fraction of sp³-hybridized carbons (Fsp3) is 0.250. The lowest BCUT2D eigenvalue weighted by molar-refractivity contribution is 0.0971. The van der Waals surface area contributed by atoms with Gasteiger partial charge in [-0.15, -0.1) is 0 Å².